The van der Waals surface area contributed by atoms with Crippen molar-refractivity contribution in [2.24, 2.45) is 0 Å². The van der Waals surface area contributed by atoms with Crippen molar-refractivity contribution < 1.29 is 23.9 Å². The average Bonchev–Trinajstić information content (AvgIpc) is 2.89. The van der Waals surface area contributed by atoms with Crippen molar-refractivity contribution in [2.75, 3.05) is 24.4 Å². The molecule has 26 heavy (non-hydrogen) atoms. The molecule has 0 spiro atoms. The molecule has 2 aliphatic heterocycles. The maximum Gasteiger partial charge on any atom is 0.355 e. The van der Waals surface area contributed by atoms with E-state index in [2.05, 4.69) is 10.6 Å². The first-order valence-electron chi connectivity index (χ1n) is 7.78. The van der Waals surface area contributed by atoms with Gasteiger partial charge in [-0.2, -0.15) is 0 Å². The number of rotatable bonds is 3. The van der Waals surface area contributed by atoms with Gasteiger partial charge in [0.25, 0.3) is 0 Å². The quantitative estimate of drug-likeness (QED) is 0.803. The second-order valence-corrected chi connectivity index (χ2v) is 5.47. The Kier molecular flexibility index (Phi) is 4.74. The van der Waals surface area contributed by atoms with Gasteiger partial charge in [0.2, 0.25) is 0 Å². The normalized spacial score (nSPS) is 15.6. The van der Waals surface area contributed by atoms with Gasteiger partial charge in [0.05, 0.1) is 19.8 Å². The zero-order valence-electron chi connectivity index (χ0n) is 14.2. The van der Waals surface area contributed by atoms with Crippen LogP contribution in [0.5, 0.6) is 0 Å². The summed E-state index contributed by atoms with van der Waals surface area (Å²) in [5.74, 6) is -1.35. The summed E-state index contributed by atoms with van der Waals surface area (Å²) < 4.78 is 9.64. The fourth-order valence-electron chi connectivity index (χ4n) is 2.69. The molecule has 2 amide bonds. The molecular formula is C18H17N3O5. The first-order valence-corrected chi connectivity index (χ1v) is 7.78. The fourth-order valence-corrected chi connectivity index (χ4v) is 2.69. The number of hydrogen-bond acceptors (Lipinski definition) is 6. The lowest BCUT2D eigenvalue weighted by Gasteiger charge is -2.25. The number of carbonyl (C=O) groups is 3. The fraction of sp³-hybridized carbons (Fsp3) is 0.167. The van der Waals surface area contributed by atoms with E-state index in [9.17, 15) is 14.4 Å². The van der Waals surface area contributed by atoms with Gasteiger partial charge in [-0.05, 0) is 29.8 Å². The Balaban J connectivity index is 2.12. The van der Waals surface area contributed by atoms with Crippen molar-refractivity contribution in [3.8, 4) is 0 Å². The lowest BCUT2D eigenvalue weighted by atomic mass is 10.1. The zero-order valence-corrected chi connectivity index (χ0v) is 14.2. The number of esters is 2. The van der Waals surface area contributed by atoms with E-state index in [4.69, 9.17) is 9.47 Å². The van der Waals surface area contributed by atoms with Crippen LogP contribution in [0.2, 0.25) is 0 Å². The van der Waals surface area contributed by atoms with E-state index in [0.717, 1.165) is 5.56 Å². The predicted octanol–water partition coefficient (Wildman–Crippen LogP) is 1.81. The SMILES string of the molecule is COC(=O)C1=C(C(=O)OC)N(c2ccc3c(c2)NC(=O)NC3)C=CC=C1. The van der Waals surface area contributed by atoms with Crippen LogP contribution in [0.25, 0.3) is 0 Å². The number of nitrogens with one attached hydrogen (secondary N) is 2. The van der Waals surface area contributed by atoms with Crippen LogP contribution >= 0.6 is 0 Å². The largest absolute Gasteiger partial charge is 0.465 e. The van der Waals surface area contributed by atoms with Crippen LogP contribution in [0.3, 0.4) is 0 Å². The Morgan fingerprint density at radius 3 is 2.62 bits per heavy atom. The molecule has 0 fully saturated rings. The van der Waals surface area contributed by atoms with Crippen LogP contribution in [-0.2, 0) is 25.6 Å². The number of urea groups is 1. The Bertz CT molecular complexity index is 870. The van der Waals surface area contributed by atoms with E-state index < -0.39 is 11.9 Å². The van der Waals surface area contributed by atoms with Crippen molar-refractivity contribution in [1.82, 2.24) is 5.32 Å². The number of methoxy groups -OCH3 is 2. The molecule has 2 N–H and O–H groups in total. The third-order valence-electron chi connectivity index (χ3n) is 3.95. The Hall–Kier alpha value is -3.55. The van der Waals surface area contributed by atoms with Crippen LogP contribution in [0.4, 0.5) is 16.2 Å². The lowest BCUT2D eigenvalue weighted by Crippen LogP contribution is -2.33. The second kappa shape index (κ2) is 7.14. The monoisotopic (exact) mass is 355 g/mol. The minimum absolute atomic E-state index is 0.0181. The highest BCUT2D eigenvalue weighted by Crippen LogP contribution is 2.31. The van der Waals surface area contributed by atoms with Crippen LogP contribution in [0, 0.1) is 0 Å². The molecular weight excluding hydrogens is 338 g/mol. The predicted molar refractivity (Wildman–Crippen MR) is 94.1 cm³/mol. The number of anilines is 2. The van der Waals surface area contributed by atoms with Gasteiger partial charge < -0.3 is 25.0 Å². The first-order chi connectivity index (χ1) is 12.5. The summed E-state index contributed by atoms with van der Waals surface area (Å²) in [5, 5.41) is 5.40. The summed E-state index contributed by atoms with van der Waals surface area (Å²) in [6, 6.07) is 5.03. The van der Waals surface area contributed by atoms with Gasteiger partial charge in [-0.3, -0.25) is 0 Å². The van der Waals surface area contributed by atoms with Crippen molar-refractivity contribution in [3.63, 3.8) is 0 Å². The van der Waals surface area contributed by atoms with Gasteiger partial charge in [-0.15, -0.1) is 0 Å². The lowest BCUT2D eigenvalue weighted by molar-refractivity contribution is -0.139. The van der Waals surface area contributed by atoms with Gasteiger partial charge in [0.1, 0.15) is 5.70 Å². The highest BCUT2D eigenvalue weighted by molar-refractivity contribution is 6.05. The number of allylic oxidation sites excluding steroid dienone is 2. The third kappa shape index (κ3) is 3.16. The molecule has 134 valence electrons. The second-order valence-electron chi connectivity index (χ2n) is 5.47. The zero-order chi connectivity index (χ0) is 18.7. The van der Waals surface area contributed by atoms with Crippen molar-refractivity contribution >= 4 is 29.3 Å². The number of fused-ring (bicyclic) bond motifs is 1. The van der Waals surface area contributed by atoms with Crippen LogP contribution in [0.1, 0.15) is 5.56 Å². The van der Waals surface area contributed by atoms with E-state index in [1.165, 1.54) is 25.2 Å². The molecule has 0 unspecified atom stereocenters. The van der Waals surface area contributed by atoms with E-state index in [0.29, 0.717) is 17.9 Å². The number of nitrogens with zero attached hydrogens (tertiary/aromatic N) is 1. The Morgan fingerprint density at radius 2 is 1.88 bits per heavy atom. The highest BCUT2D eigenvalue weighted by atomic mass is 16.5. The topological polar surface area (TPSA) is 97.0 Å². The summed E-state index contributed by atoms with van der Waals surface area (Å²) >= 11 is 0. The molecule has 2 heterocycles. The number of amides is 2. The molecule has 3 rings (SSSR count). The molecule has 8 heteroatoms. The van der Waals surface area contributed by atoms with E-state index in [-0.39, 0.29) is 17.3 Å². The Morgan fingerprint density at radius 1 is 1.12 bits per heavy atom. The average molecular weight is 355 g/mol. The van der Waals surface area contributed by atoms with Crippen LogP contribution < -0.4 is 15.5 Å². The van der Waals surface area contributed by atoms with Gasteiger partial charge in [-0.1, -0.05) is 12.1 Å². The number of ether oxygens (including phenoxy) is 2. The molecule has 0 bridgehead atoms. The summed E-state index contributed by atoms with van der Waals surface area (Å²) in [4.78, 5) is 37.6. The molecule has 0 aromatic heterocycles. The summed E-state index contributed by atoms with van der Waals surface area (Å²) in [5.41, 5.74) is 2.19. The van der Waals surface area contributed by atoms with Gasteiger partial charge in [-0.25, -0.2) is 14.4 Å². The number of benzene rings is 1. The van der Waals surface area contributed by atoms with E-state index in [1.807, 2.05) is 6.07 Å². The maximum absolute atomic E-state index is 12.4. The third-order valence-corrected chi connectivity index (χ3v) is 3.95. The van der Waals surface area contributed by atoms with E-state index in [1.54, 1.807) is 30.5 Å². The molecule has 0 atom stereocenters. The first kappa shape index (κ1) is 17.3. The molecule has 8 nitrogen and oxygen atoms in total. The molecule has 2 aliphatic rings. The van der Waals surface area contributed by atoms with Gasteiger partial charge >= 0.3 is 18.0 Å². The van der Waals surface area contributed by atoms with Crippen LogP contribution in [0.15, 0.2) is 53.9 Å². The minimum Gasteiger partial charge on any atom is -0.465 e. The minimum atomic E-state index is -0.690. The van der Waals surface area contributed by atoms with Crippen molar-refractivity contribution in [1.29, 1.82) is 0 Å². The van der Waals surface area contributed by atoms with E-state index >= 15 is 0 Å². The summed E-state index contributed by atoms with van der Waals surface area (Å²) in [6.07, 6.45) is 6.42. The molecule has 1 aromatic rings. The molecule has 0 saturated carbocycles. The number of hydrogen-bond donors (Lipinski definition) is 2. The van der Waals surface area contributed by atoms with Crippen LogP contribution in [-0.4, -0.2) is 32.2 Å². The van der Waals surface area contributed by atoms with Gasteiger partial charge in [0, 0.05) is 24.1 Å². The summed E-state index contributed by atoms with van der Waals surface area (Å²) in [7, 11) is 2.47. The molecule has 0 radical (unpaired) electrons. The van der Waals surface area contributed by atoms with Gasteiger partial charge in [0.15, 0.2) is 0 Å². The summed E-state index contributed by atoms with van der Waals surface area (Å²) in [6.45, 7) is 0.409. The maximum atomic E-state index is 12.4. The molecule has 1 aromatic carbocycles. The van der Waals surface area contributed by atoms with Crippen molar-refractivity contribution in [2.45, 2.75) is 6.54 Å². The molecule has 0 saturated heterocycles. The van der Waals surface area contributed by atoms with Crippen molar-refractivity contribution in [3.05, 3.63) is 59.5 Å². The highest BCUT2D eigenvalue weighted by Gasteiger charge is 2.28. The molecule has 0 aliphatic carbocycles. The standard InChI is InChI=1S/C18H17N3O5/c1-25-16(22)13-5-3-4-8-21(15(13)17(23)26-2)12-7-6-11-10-19-18(24)20-14(11)9-12/h3-9H,10H2,1-2H3,(H2,19,20,24). The smallest absolute Gasteiger partial charge is 0.355 e. The number of carbonyl (C=O) groups excluding carboxylic acids is 3. The Labute approximate surface area is 149 Å².